The Morgan fingerprint density at radius 3 is 2.33 bits per heavy atom. The van der Waals surface area contributed by atoms with Gasteiger partial charge in [0.2, 0.25) is 0 Å². The highest BCUT2D eigenvalue weighted by molar-refractivity contribution is 5.70. The van der Waals surface area contributed by atoms with Gasteiger partial charge in [-0.1, -0.05) is 42.5 Å². The van der Waals surface area contributed by atoms with Crippen LogP contribution in [0.5, 0.6) is 5.75 Å². The van der Waals surface area contributed by atoms with Crippen molar-refractivity contribution in [3.63, 3.8) is 0 Å². The normalized spacial score (nSPS) is 22.1. The fourth-order valence-electron chi connectivity index (χ4n) is 3.53. The summed E-state index contributed by atoms with van der Waals surface area (Å²) in [6.07, 6.45) is 3.85. The first kappa shape index (κ1) is 17.0. The van der Waals surface area contributed by atoms with Crippen molar-refractivity contribution >= 4 is 0 Å². The van der Waals surface area contributed by atoms with E-state index in [1.54, 1.807) is 7.11 Å². The van der Waals surface area contributed by atoms with Crippen LogP contribution < -0.4 is 10.1 Å². The van der Waals surface area contributed by atoms with Gasteiger partial charge in [0.25, 0.3) is 0 Å². The van der Waals surface area contributed by atoms with E-state index >= 15 is 0 Å². The second kappa shape index (κ2) is 7.82. The van der Waals surface area contributed by atoms with E-state index in [4.69, 9.17) is 4.74 Å². The van der Waals surface area contributed by atoms with Crippen LogP contribution in [-0.4, -0.2) is 24.4 Å². The molecular weight excluding hydrogens is 298 g/mol. The molecule has 1 unspecified atom stereocenters. The Balaban J connectivity index is 1.67. The van der Waals surface area contributed by atoms with Crippen molar-refractivity contribution < 1.29 is 9.84 Å². The highest BCUT2D eigenvalue weighted by atomic mass is 16.5. The molecule has 0 spiro atoms. The molecule has 1 aliphatic carbocycles. The number of ether oxygens (including phenoxy) is 1. The number of nitrogens with one attached hydrogen (secondary N) is 1. The highest BCUT2D eigenvalue weighted by Crippen LogP contribution is 2.30. The molecule has 128 valence electrons. The van der Waals surface area contributed by atoms with E-state index in [1.807, 2.05) is 18.2 Å². The molecule has 2 N–H and O–H groups in total. The maximum absolute atomic E-state index is 9.62. The Hall–Kier alpha value is -1.84. The summed E-state index contributed by atoms with van der Waals surface area (Å²) in [5.74, 6) is 0.900. The van der Waals surface area contributed by atoms with Crippen molar-refractivity contribution in [2.24, 2.45) is 0 Å². The number of para-hydroxylation sites is 1. The Morgan fingerprint density at radius 2 is 1.67 bits per heavy atom. The lowest BCUT2D eigenvalue weighted by Gasteiger charge is -2.29. The monoisotopic (exact) mass is 325 g/mol. The Morgan fingerprint density at radius 1 is 1.00 bits per heavy atom. The van der Waals surface area contributed by atoms with E-state index in [9.17, 15) is 5.11 Å². The van der Waals surface area contributed by atoms with Crippen LogP contribution in [0.25, 0.3) is 11.1 Å². The van der Waals surface area contributed by atoms with Crippen LogP contribution in [0.3, 0.4) is 0 Å². The fourth-order valence-corrected chi connectivity index (χ4v) is 3.53. The average molecular weight is 325 g/mol. The molecule has 24 heavy (non-hydrogen) atoms. The summed E-state index contributed by atoms with van der Waals surface area (Å²) >= 11 is 0. The SMILES string of the molecule is COc1ccccc1-c1ccc(C(C)NC2CCC(O)CC2)cc1. The third kappa shape index (κ3) is 3.97. The molecule has 1 fully saturated rings. The van der Waals surface area contributed by atoms with Crippen LogP contribution in [0.15, 0.2) is 48.5 Å². The van der Waals surface area contributed by atoms with Gasteiger partial charge in [0.05, 0.1) is 13.2 Å². The molecule has 0 saturated heterocycles. The minimum Gasteiger partial charge on any atom is -0.496 e. The number of rotatable bonds is 5. The van der Waals surface area contributed by atoms with Crippen molar-refractivity contribution in [3.8, 4) is 16.9 Å². The van der Waals surface area contributed by atoms with E-state index in [2.05, 4.69) is 42.6 Å². The van der Waals surface area contributed by atoms with E-state index in [1.165, 1.54) is 11.1 Å². The fraction of sp³-hybridized carbons (Fsp3) is 0.429. The summed E-state index contributed by atoms with van der Waals surface area (Å²) in [6, 6.07) is 17.6. The smallest absolute Gasteiger partial charge is 0.126 e. The second-order valence-electron chi connectivity index (χ2n) is 6.72. The van der Waals surface area contributed by atoms with Crippen LogP contribution in [-0.2, 0) is 0 Å². The number of aliphatic hydroxyl groups excluding tert-OH is 1. The van der Waals surface area contributed by atoms with Crippen molar-refractivity contribution in [2.45, 2.75) is 50.8 Å². The first-order valence-corrected chi connectivity index (χ1v) is 8.85. The number of hydrogen-bond acceptors (Lipinski definition) is 3. The predicted molar refractivity (Wildman–Crippen MR) is 98.2 cm³/mol. The molecule has 1 saturated carbocycles. The van der Waals surface area contributed by atoms with Gasteiger partial charge in [-0.3, -0.25) is 0 Å². The van der Waals surface area contributed by atoms with Crippen molar-refractivity contribution in [1.29, 1.82) is 0 Å². The highest BCUT2D eigenvalue weighted by Gasteiger charge is 2.20. The van der Waals surface area contributed by atoms with E-state index < -0.39 is 0 Å². The molecule has 3 heteroatoms. The van der Waals surface area contributed by atoms with E-state index in [0.717, 1.165) is 37.0 Å². The summed E-state index contributed by atoms with van der Waals surface area (Å²) in [7, 11) is 1.71. The minimum absolute atomic E-state index is 0.0986. The van der Waals surface area contributed by atoms with Gasteiger partial charge >= 0.3 is 0 Å². The van der Waals surface area contributed by atoms with Gasteiger partial charge in [0.1, 0.15) is 5.75 Å². The lowest BCUT2D eigenvalue weighted by Crippen LogP contribution is -2.36. The minimum atomic E-state index is -0.0986. The summed E-state index contributed by atoms with van der Waals surface area (Å²) < 4.78 is 5.45. The standard InChI is InChI=1S/C21H27NO2/c1-15(22-18-11-13-19(23)14-12-18)16-7-9-17(10-8-16)20-5-3-4-6-21(20)24-2/h3-10,15,18-19,22-23H,11-14H2,1-2H3. The molecule has 3 nitrogen and oxygen atoms in total. The summed E-state index contributed by atoms with van der Waals surface area (Å²) in [6.45, 7) is 2.21. The molecule has 3 rings (SSSR count). The van der Waals surface area contributed by atoms with Crippen LogP contribution in [0.4, 0.5) is 0 Å². The van der Waals surface area contributed by atoms with E-state index in [0.29, 0.717) is 12.1 Å². The predicted octanol–water partition coefficient (Wildman–Crippen LogP) is 4.32. The first-order valence-electron chi connectivity index (χ1n) is 8.85. The van der Waals surface area contributed by atoms with Crippen molar-refractivity contribution in [3.05, 3.63) is 54.1 Å². The molecule has 1 atom stereocenters. The third-order valence-corrected chi connectivity index (χ3v) is 5.01. The first-order chi connectivity index (χ1) is 11.7. The quantitative estimate of drug-likeness (QED) is 0.860. The number of hydrogen-bond donors (Lipinski definition) is 2. The van der Waals surface area contributed by atoms with Crippen LogP contribution in [0.2, 0.25) is 0 Å². The van der Waals surface area contributed by atoms with Gasteiger partial charge in [0.15, 0.2) is 0 Å². The Kier molecular flexibility index (Phi) is 5.54. The maximum Gasteiger partial charge on any atom is 0.126 e. The zero-order valence-corrected chi connectivity index (χ0v) is 14.5. The van der Waals surface area contributed by atoms with Gasteiger partial charge < -0.3 is 15.2 Å². The maximum atomic E-state index is 9.62. The largest absolute Gasteiger partial charge is 0.496 e. The lowest BCUT2D eigenvalue weighted by atomic mass is 9.92. The molecule has 0 heterocycles. The third-order valence-electron chi connectivity index (χ3n) is 5.01. The average Bonchev–Trinajstić information content (AvgIpc) is 2.63. The van der Waals surface area contributed by atoms with Gasteiger partial charge in [-0.2, -0.15) is 0 Å². The molecule has 0 aliphatic heterocycles. The Bertz CT molecular complexity index is 645. The number of benzene rings is 2. The molecule has 2 aromatic carbocycles. The molecule has 1 aliphatic rings. The molecule has 2 aromatic rings. The summed E-state index contributed by atoms with van der Waals surface area (Å²) in [5.41, 5.74) is 3.58. The summed E-state index contributed by atoms with van der Waals surface area (Å²) in [4.78, 5) is 0. The molecule has 0 bridgehead atoms. The molecule has 0 radical (unpaired) electrons. The molecular formula is C21H27NO2. The zero-order valence-electron chi connectivity index (χ0n) is 14.5. The van der Waals surface area contributed by atoms with Crippen molar-refractivity contribution in [1.82, 2.24) is 5.32 Å². The molecule has 0 aromatic heterocycles. The zero-order chi connectivity index (χ0) is 16.9. The lowest BCUT2D eigenvalue weighted by molar-refractivity contribution is 0.114. The number of methoxy groups -OCH3 is 1. The van der Waals surface area contributed by atoms with Crippen LogP contribution in [0.1, 0.15) is 44.2 Å². The topological polar surface area (TPSA) is 41.5 Å². The van der Waals surface area contributed by atoms with Gasteiger partial charge in [-0.25, -0.2) is 0 Å². The van der Waals surface area contributed by atoms with Crippen molar-refractivity contribution in [2.75, 3.05) is 7.11 Å². The van der Waals surface area contributed by atoms with Gasteiger partial charge in [-0.15, -0.1) is 0 Å². The Labute approximate surface area is 144 Å². The summed E-state index contributed by atoms with van der Waals surface area (Å²) in [5, 5.41) is 13.3. The second-order valence-corrected chi connectivity index (χ2v) is 6.72. The number of aliphatic hydroxyl groups is 1. The van der Waals surface area contributed by atoms with Crippen LogP contribution in [0, 0.1) is 0 Å². The van der Waals surface area contributed by atoms with Crippen LogP contribution >= 0.6 is 0 Å². The van der Waals surface area contributed by atoms with Gasteiger partial charge in [-0.05, 0) is 49.8 Å². The van der Waals surface area contributed by atoms with E-state index in [-0.39, 0.29) is 6.10 Å². The van der Waals surface area contributed by atoms with Gasteiger partial charge in [0, 0.05) is 17.6 Å². The molecule has 0 amide bonds.